The summed E-state index contributed by atoms with van der Waals surface area (Å²) >= 11 is 6.06. The van der Waals surface area contributed by atoms with Crippen molar-refractivity contribution < 1.29 is 9.53 Å². The summed E-state index contributed by atoms with van der Waals surface area (Å²) in [5, 5.41) is 6.76. The van der Waals surface area contributed by atoms with E-state index in [1.807, 2.05) is 0 Å². The Bertz CT molecular complexity index is 487. The number of anilines is 1. The van der Waals surface area contributed by atoms with Gasteiger partial charge in [0.2, 0.25) is 5.91 Å². The molecular formula is C16H23ClN2O2. The maximum absolute atomic E-state index is 12.1. The van der Waals surface area contributed by atoms with Crippen LogP contribution in [-0.4, -0.2) is 26.1 Å². The third-order valence-electron chi connectivity index (χ3n) is 4.13. The molecule has 1 aromatic rings. The minimum Gasteiger partial charge on any atom is -0.495 e. The molecular weight excluding hydrogens is 288 g/mol. The topological polar surface area (TPSA) is 50.4 Å². The van der Waals surface area contributed by atoms with Crippen molar-refractivity contribution in [3.05, 3.63) is 23.2 Å². The third kappa shape index (κ3) is 4.61. The number of carbonyl (C=O) groups is 1. The van der Waals surface area contributed by atoms with Gasteiger partial charge in [-0.05, 0) is 56.0 Å². The minimum atomic E-state index is 0.0438. The van der Waals surface area contributed by atoms with Crippen molar-refractivity contribution in [1.82, 2.24) is 5.32 Å². The molecule has 116 valence electrons. The highest BCUT2D eigenvalue weighted by Crippen LogP contribution is 2.28. The molecule has 1 saturated heterocycles. The second-order valence-corrected chi connectivity index (χ2v) is 6.07. The van der Waals surface area contributed by atoms with E-state index in [1.54, 1.807) is 25.3 Å². The number of halogens is 1. The Kier molecular flexibility index (Phi) is 5.88. The maximum Gasteiger partial charge on any atom is 0.224 e. The normalized spacial score (nSPS) is 17.3. The molecule has 0 spiro atoms. The molecule has 5 heteroatoms. The van der Waals surface area contributed by atoms with Crippen LogP contribution in [0.25, 0.3) is 0 Å². The van der Waals surface area contributed by atoms with Gasteiger partial charge < -0.3 is 15.4 Å². The summed E-state index contributed by atoms with van der Waals surface area (Å²) in [5.41, 5.74) is 0.711. The van der Waals surface area contributed by atoms with Crippen molar-refractivity contribution in [2.75, 3.05) is 25.5 Å². The van der Waals surface area contributed by atoms with E-state index in [-0.39, 0.29) is 5.91 Å². The van der Waals surface area contributed by atoms with Gasteiger partial charge in [-0.2, -0.15) is 0 Å². The van der Waals surface area contributed by atoms with Gasteiger partial charge in [0.15, 0.2) is 0 Å². The monoisotopic (exact) mass is 310 g/mol. The number of piperidine rings is 1. The Balaban J connectivity index is 1.87. The lowest BCUT2D eigenvalue weighted by Crippen LogP contribution is -2.32. The third-order valence-corrected chi connectivity index (χ3v) is 4.43. The maximum atomic E-state index is 12.1. The largest absolute Gasteiger partial charge is 0.495 e. The van der Waals surface area contributed by atoms with E-state index < -0.39 is 0 Å². The quantitative estimate of drug-likeness (QED) is 0.877. The zero-order valence-electron chi connectivity index (χ0n) is 12.6. The van der Waals surface area contributed by atoms with E-state index in [4.69, 9.17) is 16.3 Å². The summed E-state index contributed by atoms with van der Waals surface area (Å²) in [6.07, 6.45) is 2.86. The molecule has 2 rings (SSSR count). The highest BCUT2D eigenvalue weighted by Gasteiger charge is 2.22. The van der Waals surface area contributed by atoms with Crippen LogP contribution in [0.1, 0.15) is 26.2 Å². The van der Waals surface area contributed by atoms with Crippen LogP contribution in [0.5, 0.6) is 5.75 Å². The van der Waals surface area contributed by atoms with Gasteiger partial charge in [-0.1, -0.05) is 18.5 Å². The molecule has 1 unspecified atom stereocenters. The number of hydrogen-bond donors (Lipinski definition) is 2. The molecule has 1 aliphatic rings. The zero-order chi connectivity index (χ0) is 15.2. The highest BCUT2D eigenvalue weighted by atomic mass is 35.5. The first-order valence-corrected chi connectivity index (χ1v) is 7.82. The second kappa shape index (κ2) is 7.66. The summed E-state index contributed by atoms with van der Waals surface area (Å²) in [4.78, 5) is 12.1. The smallest absolute Gasteiger partial charge is 0.224 e. The fourth-order valence-electron chi connectivity index (χ4n) is 2.83. The van der Waals surface area contributed by atoms with Crippen LogP contribution >= 0.6 is 11.6 Å². The molecule has 0 saturated carbocycles. The van der Waals surface area contributed by atoms with Gasteiger partial charge in [0.25, 0.3) is 0 Å². The minimum absolute atomic E-state index is 0.0438. The number of rotatable bonds is 5. The van der Waals surface area contributed by atoms with Crippen LogP contribution in [0.3, 0.4) is 0 Å². The van der Waals surface area contributed by atoms with Crippen molar-refractivity contribution in [2.24, 2.45) is 11.8 Å². The Morgan fingerprint density at radius 1 is 1.48 bits per heavy atom. The Labute approximate surface area is 131 Å². The number of nitrogens with one attached hydrogen (secondary N) is 2. The van der Waals surface area contributed by atoms with Gasteiger partial charge >= 0.3 is 0 Å². The van der Waals surface area contributed by atoms with Crippen LogP contribution in [0.4, 0.5) is 5.69 Å². The van der Waals surface area contributed by atoms with Crippen LogP contribution in [0.2, 0.25) is 5.02 Å². The van der Waals surface area contributed by atoms with Gasteiger partial charge in [-0.15, -0.1) is 0 Å². The summed E-state index contributed by atoms with van der Waals surface area (Å²) in [7, 11) is 1.57. The van der Waals surface area contributed by atoms with Gasteiger partial charge in [0, 0.05) is 12.1 Å². The molecule has 1 amide bonds. The summed E-state index contributed by atoms with van der Waals surface area (Å²) in [5.74, 6) is 1.69. The molecule has 0 radical (unpaired) electrons. The average molecular weight is 311 g/mol. The van der Waals surface area contributed by atoms with E-state index in [0.29, 0.717) is 34.7 Å². The van der Waals surface area contributed by atoms with Crippen LogP contribution < -0.4 is 15.4 Å². The Morgan fingerprint density at radius 2 is 2.19 bits per heavy atom. The van der Waals surface area contributed by atoms with Gasteiger partial charge in [-0.3, -0.25) is 4.79 Å². The van der Waals surface area contributed by atoms with Crippen LogP contribution in [0, 0.1) is 11.8 Å². The number of hydrogen-bond acceptors (Lipinski definition) is 3. The first-order valence-electron chi connectivity index (χ1n) is 7.44. The SMILES string of the molecule is COc1ccc(NC(=O)CC(C)C2CCNCC2)cc1Cl. The standard InChI is InChI=1S/C16H23ClN2O2/c1-11(12-5-7-18-8-6-12)9-16(20)19-13-3-4-15(21-2)14(17)10-13/h3-4,10-12,18H,5-9H2,1-2H3,(H,19,20). The summed E-state index contributed by atoms with van der Waals surface area (Å²) < 4.78 is 5.10. The zero-order valence-corrected chi connectivity index (χ0v) is 13.4. The highest BCUT2D eigenvalue weighted by molar-refractivity contribution is 6.32. The first-order chi connectivity index (χ1) is 10.1. The molecule has 4 nitrogen and oxygen atoms in total. The molecule has 2 N–H and O–H groups in total. The predicted molar refractivity (Wildman–Crippen MR) is 86.0 cm³/mol. The van der Waals surface area contributed by atoms with E-state index in [9.17, 15) is 4.79 Å². The lowest BCUT2D eigenvalue weighted by Gasteiger charge is -2.27. The van der Waals surface area contributed by atoms with Gasteiger partial charge in [0.05, 0.1) is 12.1 Å². The number of carbonyl (C=O) groups excluding carboxylic acids is 1. The molecule has 1 atom stereocenters. The molecule has 21 heavy (non-hydrogen) atoms. The molecule has 1 fully saturated rings. The molecule has 0 aliphatic carbocycles. The van der Waals surface area contributed by atoms with E-state index in [0.717, 1.165) is 25.9 Å². The predicted octanol–water partition coefficient (Wildman–Crippen LogP) is 3.31. The van der Waals surface area contributed by atoms with Crippen molar-refractivity contribution in [2.45, 2.75) is 26.2 Å². The van der Waals surface area contributed by atoms with Crippen LogP contribution in [0.15, 0.2) is 18.2 Å². The molecule has 1 aromatic carbocycles. The fourth-order valence-corrected chi connectivity index (χ4v) is 3.09. The number of benzene rings is 1. The Hall–Kier alpha value is -1.26. The molecule has 0 bridgehead atoms. The number of methoxy groups -OCH3 is 1. The first kappa shape index (κ1) is 16.1. The molecule has 0 aromatic heterocycles. The Morgan fingerprint density at radius 3 is 2.81 bits per heavy atom. The number of amides is 1. The summed E-state index contributed by atoms with van der Waals surface area (Å²) in [6.45, 7) is 4.28. The van der Waals surface area contributed by atoms with E-state index >= 15 is 0 Å². The van der Waals surface area contributed by atoms with Crippen molar-refractivity contribution in [3.8, 4) is 5.75 Å². The molecule has 1 aliphatic heterocycles. The summed E-state index contributed by atoms with van der Waals surface area (Å²) in [6, 6.07) is 5.28. The molecule has 1 heterocycles. The van der Waals surface area contributed by atoms with Crippen LogP contribution in [-0.2, 0) is 4.79 Å². The van der Waals surface area contributed by atoms with Gasteiger partial charge in [0.1, 0.15) is 5.75 Å². The fraction of sp³-hybridized carbons (Fsp3) is 0.562. The van der Waals surface area contributed by atoms with Gasteiger partial charge in [-0.25, -0.2) is 0 Å². The van der Waals surface area contributed by atoms with E-state index in [1.165, 1.54) is 0 Å². The van der Waals surface area contributed by atoms with Crippen molar-refractivity contribution in [1.29, 1.82) is 0 Å². The van der Waals surface area contributed by atoms with Crippen molar-refractivity contribution in [3.63, 3.8) is 0 Å². The van der Waals surface area contributed by atoms with E-state index in [2.05, 4.69) is 17.6 Å². The van der Waals surface area contributed by atoms with Crippen molar-refractivity contribution >= 4 is 23.2 Å². The second-order valence-electron chi connectivity index (χ2n) is 5.67. The number of ether oxygens (including phenoxy) is 1. The lowest BCUT2D eigenvalue weighted by molar-refractivity contribution is -0.117. The lowest BCUT2D eigenvalue weighted by atomic mass is 9.84. The average Bonchev–Trinajstić information content (AvgIpc) is 2.48.